The first-order valence-corrected chi connectivity index (χ1v) is 9.20. The van der Waals surface area contributed by atoms with Crippen LogP contribution in [0.4, 0.5) is 0 Å². The van der Waals surface area contributed by atoms with Crippen LogP contribution >= 0.6 is 11.8 Å². The van der Waals surface area contributed by atoms with Gasteiger partial charge in [0, 0.05) is 18.2 Å². The van der Waals surface area contributed by atoms with Crippen LogP contribution in [0.15, 0.2) is 0 Å². The third-order valence-electron chi connectivity index (χ3n) is 4.14. The average molecular weight is 312 g/mol. The minimum atomic E-state index is -0.272. The molecule has 21 heavy (non-hydrogen) atoms. The van der Waals surface area contributed by atoms with Crippen molar-refractivity contribution >= 4 is 23.6 Å². The predicted octanol–water partition coefficient (Wildman–Crippen LogP) is 2.77. The van der Waals surface area contributed by atoms with Crippen molar-refractivity contribution in [2.45, 2.75) is 71.4 Å². The largest absolute Gasteiger partial charge is 0.352 e. The fraction of sp³-hybridized carbons (Fsp3) is 0.875. The molecule has 1 unspecified atom stereocenters. The zero-order valence-electron chi connectivity index (χ0n) is 13.5. The first-order valence-electron chi connectivity index (χ1n) is 8.04. The van der Waals surface area contributed by atoms with Gasteiger partial charge in [0.1, 0.15) is 6.04 Å². The van der Waals surface area contributed by atoms with Crippen molar-refractivity contribution in [2.75, 3.05) is 11.6 Å². The molecule has 0 aromatic heterocycles. The second-order valence-electron chi connectivity index (χ2n) is 7.46. The quantitative estimate of drug-likeness (QED) is 0.872. The van der Waals surface area contributed by atoms with Crippen LogP contribution < -0.4 is 5.32 Å². The lowest BCUT2D eigenvalue weighted by Crippen LogP contribution is -2.50. The van der Waals surface area contributed by atoms with Crippen LogP contribution in [0, 0.1) is 5.41 Å². The highest BCUT2D eigenvalue weighted by atomic mass is 32.2. The van der Waals surface area contributed by atoms with Crippen molar-refractivity contribution in [1.82, 2.24) is 10.2 Å². The first-order chi connectivity index (χ1) is 9.87. The predicted molar refractivity (Wildman–Crippen MR) is 87.0 cm³/mol. The Balaban J connectivity index is 1.91. The lowest BCUT2D eigenvalue weighted by molar-refractivity contribution is -0.139. The Labute approximate surface area is 132 Å². The molecule has 1 aliphatic heterocycles. The number of thioether (sulfide) groups is 1. The van der Waals surface area contributed by atoms with Gasteiger partial charge in [0.2, 0.25) is 11.8 Å². The highest BCUT2D eigenvalue weighted by Crippen LogP contribution is 2.27. The second-order valence-corrected chi connectivity index (χ2v) is 8.46. The van der Waals surface area contributed by atoms with Gasteiger partial charge in [0.15, 0.2) is 0 Å². The van der Waals surface area contributed by atoms with Gasteiger partial charge >= 0.3 is 0 Å². The van der Waals surface area contributed by atoms with Gasteiger partial charge in [0.05, 0.1) is 5.88 Å². The summed E-state index contributed by atoms with van der Waals surface area (Å²) in [6, 6.07) is 0.0446. The van der Waals surface area contributed by atoms with E-state index in [1.54, 1.807) is 16.7 Å². The molecule has 1 aliphatic carbocycles. The van der Waals surface area contributed by atoms with Gasteiger partial charge in [0.25, 0.3) is 0 Å². The summed E-state index contributed by atoms with van der Waals surface area (Å²) in [5.74, 6) is 1.54. The molecule has 1 N–H and O–H groups in total. The monoisotopic (exact) mass is 312 g/mol. The SMILES string of the molecule is CC(C)(C)CC(=O)N1CSCC1C(=O)NC1CCCCC1. The molecule has 120 valence electrons. The van der Waals surface area contributed by atoms with Gasteiger partial charge in [-0.2, -0.15) is 0 Å². The van der Waals surface area contributed by atoms with Gasteiger partial charge in [-0.05, 0) is 18.3 Å². The zero-order chi connectivity index (χ0) is 15.5. The zero-order valence-corrected chi connectivity index (χ0v) is 14.3. The summed E-state index contributed by atoms with van der Waals surface area (Å²) in [6.45, 7) is 6.18. The van der Waals surface area contributed by atoms with Gasteiger partial charge in [-0.1, -0.05) is 40.0 Å². The van der Waals surface area contributed by atoms with Gasteiger partial charge in [-0.15, -0.1) is 11.8 Å². The molecule has 0 spiro atoms. The van der Waals surface area contributed by atoms with E-state index in [0.29, 0.717) is 18.3 Å². The molecule has 4 nitrogen and oxygen atoms in total. The summed E-state index contributed by atoms with van der Waals surface area (Å²) in [5, 5.41) is 3.16. The van der Waals surface area contributed by atoms with Crippen LogP contribution in [-0.2, 0) is 9.59 Å². The molecule has 1 heterocycles. The summed E-state index contributed by atoms with van der Waals surface area (Å²) in [4.78, 5) is 26.6. The second kappa shape index (κ2) is 7.03. The van der Waals surface area contributed by atoms with E-state index in [1.807, 2.05) is 0 Å². The maximum absolute atomic E-state index is 12.5. The van der Waals surface area contributed by atoms with Crippen LogP contribution in [0.1, 0.15) is 59.3 Å². The van der Waals surface area contributed by atoms with Gasteiger partial charge in [-0.3, -0.25) is 9.59 Å². The molecule has 2 aliphatic rings. The van der Waals surface area contributed by atoms with E-state index in [1.165, 1.54) is 19.3 Å². The number of hydrogen-bond acceptors (Lipinski definition) is 3. The van der Waals surface area contributed by atoms with Crippen molar-refractivity contribution in [3.05, 3.63) is 0 Å². The van der Waals surface area contributed by atoms with E-state index in [-0.39, 0.29) is 23.3 Å². The molecule has 5 heteroatoms. The Morgan fingerprint density at radius 1 is 1.19 bits per heavy atom. The fourth-order valence-electron chi connectivity index (χ4n) is 3.01. The third kappa shape index (κ3) is 4.90. The smallest absolute Gasteiger partial charge is 0.243 e. The molecule has 2 rings (SSSR count). The molecule has 2 fully saturated rings. The van der Waals surface area contributed by atoms with Crippen LogP contribution in [0.2, 0.25) is 0 Å². The number of nitrogens with zero attached hydrogens (tertiary/aromatic N) is 1. The highest BCUT2D eigenvalue weighted by Gasteiger charge is 2.36. The Morgan fingerprint density at radius 3 is 2.48 bits per heavy atom. The highest BCUT2D eigenvalue weighted by molar-refractivity contribution is 7.99. The van der Waals surface area contributed by atoms with Crippen molar-refractivity contribution in [3.8, 4) is 0 Å². The maximum atomic E-state index is 12.5. The molecule has 0 aromatic carbocycles. The minimum absolute atomic E-state index is 0.0330. The van der Waals surface area contributed by atoms with Crippen LogP contribution in [0.3, 0.4) is 0 Å². The van der Waals surface area contributed by atoms with E-state index in [9.17, 15) is 9.59 Å². The van der Waals surface area contributed by atoms with Crippen LogP contribution in [0.5, 0.6) is 0 Å². The summed E-state index contributed by atoms with van der Waals surface area (Å²) >= 11 is 1.68. The Kier molecular flexibility index (Phi) is 5.58. The van der Waals surface area contributed by atoms with E-state index in [4.69, 9.17) is 0 Å². The number of rotatable bonds is 3. The molecule has 0 radical (unpaired) electrons. The topological polar surface area (TPSA) is 49.4 Å². The van der Waals surface area contributed by atoms with E-state index in [2.05, 4.69) is 26.1 Å². The third-order valence-corrected chi connectivity index (χ3v) is 5.15. The summed E-state index contributed by atoms with van der Waals surface area (Å²) < 4.78 is 0. The number of carbonyl (C=O) groups is 2. The lowest BCUT2D eigenvalue weighted by atomic mass is 9.91. The number of carbonyl (C=O) groups excluding carboxylic acids is 2. The molecule has 1 saturated carbocycles. The Bertz CT molecular complexity index is 386. The average Bonchev–Trinajstić information content (AvgIpc) is 2.87. The molecular formula is C16H28N2O2S. The summed E-state index contributed by atoms with van der Waals surface area (Å²) in [7, 11) is 0. The molecule has 0 bridgehead atoms. The van der Waals surface area contributed by atoms with Crippen LogP contribution in [-0.4, -0.2) is 40.4 Å². The minimum Gasteiger partial charge on any atom is -0.352 e. The van der Waals surface area contributed by atoms with E-state index < -0.39 is 0 Å². The van der Waals surface area contributed by atoms with E-state index >= 15 is 0 Å². The van der Waals surface area contributed by atoms with Gasteiger partial charge < -0.3 is 10.2 Å². The molecule has 1 saturated heterocycles. The molecular weight excluding hydrogens is 284 g/mol. The lowest BCUT2D eigenvalue weighted by Gasteiger charge is -2.29. The molecule has 2 amide bonds. The van der Waals surface area contributed by atoms with Crippen molar-refractivity contribution < 1.29 is 9.59 Å². The van der Waals surface area contributed by atoms with Crippen molar-refractivity contribution in [2.24, 2.45) is 5.41 Å². The number of nitrogens with one attached hydrogen (secondary N) is 1. The fourth-order valence-corrected chi connectivity index (χ4v) is 4.19. The van der Waals surface area contributed by atoms with E-state index in [0.717, 1.165) is 18.6 Å². The van der Waals surface area contributed by atoms with Crippen molar-refractivity contribution in [3.63, 3.8) is 0 Å². The first kappa shape index (κ1) is 16.7. The van der Waals surface area contributed by atoms with Gasteiger partial charge in [-0.25, -0.2) is 0 Å². The Morgan fingerprint density at radius 2 is 1.86 bits per heavy atom. The standard InChI is InChI=1S/C16H28N2O2S/c1-16(2,3)9-14(19)18-11-21-10-13(18)15(20)17-12-7-5-4-6-8-12/h12-13H,4-11H2,1-3H3,(H,17,20). The maximum Gasteiger partial charge on any atom is 0.243 e. The summed E-state index contributed by atoms with van der Waals surface area (Å²) in [5.41, 5.74) is -0.0330. The molecule has 0 aromatic rings. The summed E-state index contributed by atoms with van der Waals surface area (Å²) in [6.07, 6.45) is 6.36. The van der Waals surface area contributed by atoms with Crippen LogP contribution in [0.25, 0.3) is 0 Å². The van der Waals surface area contributed by atoms with Crippen molar-refractivity contribution in [1.29, 1.82) is 0 Å². The number of hydrogen-bond donors (Lipinski definition) is 1. The Hall–Kier alpha value is -0.710. The number of amides is 2. The normalized spacial score (nSPS) is 24.1. The molecule has 1 atom stereocenters.